The van der Waals surface area contributed by atoms with Crippen LogP contribution in [0.4, 0.5) is 0 Å². The molecule has 2 aromatic carbocycles. The summed E-state index contributed by atoms with van der Waals surface area (Å²) in [6.45, 7) is 2.50. The van der Waals surface area contributed by atoms with E-state index in [4.69, 9.17) is 9.47 Å². The summed E-state index contributed by atoms with van der Waals surface area (Å²) in [6, 6.07) is 17.4. The van der Waals surface area contributed by atoms with Gasteiger partial charge in [-0.1, -0.05) is 30.3 Å². The second kappa shape index (κ2) is 8.83. The second-order valence-corrected chi connectivity index (χ2v) is 5.33. The Balaban J connectivity index is 1.66. The van der Waals surface area contributed by atoms with E-state index in [2.05, 4.69) is 5.32 Å². The minimum absolute atomic E-state index is 0.0196. The third-order valence-corrected chi connectivity index (χ3v) is 3.55. The molecule has 0 heterocycles. The molecule has 0 fully saturated rings. The molecule has 0 aliphatic carbocycles. The number of rotatable bonds is 8. The van der Waals surface area contributed by atoms with Crippen LogP contribution in [0.1, 0.15) is 31.4 Å². The molecular formula is C19H23NO3. The van der Waals surface area contributed by atoms with Crippen LogP contribution in [-0.2, 0) is 4.79 Å². The minimum atomic E-state index is 0.0196. The lowest BCUT2D eigenvalue weighted by molar-refractivity contribution is -0.121. The zero-order valence-corrected chi connectivity index (χ0v) is 13.6. The average Bonchev–Trinajstić information content (AvgIpc) is 2.60. The average molecular weight is 313 g/mol. The van der Waals surface area contributed by atoms with E-state index in [1.165, 1.54) is 0 Å². The Bertz CT molecular complexity index is 596. The van der Waals surface area contributed by atoms with Crippen molar-refractivity contribution in [3.63, 3.8) is 0 Å². The molecule has 4 heteroatoms. The molecule has 1 atom stereocenters. The van der Waals surface area contributed by atoms with Gasteiger partial charge < -0.3 is 14.8 Å². The molecule has 2 rings (SSSR count). The Morgan fingerprint density at radius 1 is 1.04 bits per heavy atom. The highest BCUT2D eigenvalue weighted by atomic mass is 16.5. The molecule has 0 unspecified atom stereocenters. The van der Waals surface area contributed by atoms with Gasteiger partial charge in [-0.25, -0.2) is 0 Å². The van der Waals surface area contributed by atoms with Crippen molar-refractivity contribution in [2.45, 2.75) is 25.8 Å². The van der Waals surface area contributed by atoms with E-state index in [0.29, 0.717) is 19.4 Å². The van der Waals surface area contributed by atoms with Gasteiger partial charge in [-0.2, -0.15) is 0 Å². The molecule has 0 saturated heterocycles. The number of amides is 1. The minimum Gasteiger partial charge on any atom is -0.497 e. The molecule has 0 saturated carbocycles. The Kier molecular flexibility index (Phi) is 6.48. The van der Waals surface area contributed by atoms with Crippen LogP contribution in [0.3, 0.4) is 0 Å². The normalized spacial score (nSPS) is 11.6. The Labute approximate surface area is 137 Å². The van der Waals surface area contributed by atoms with Crippen molar-refractivity contribution in [1.29, 1.82) is 0 Å². The molecule has 0 aliphatic heterocycles. The van der Waals surface area contributed by atoms with Gasteiger partial charge in [0.25, 0.3) is 0 Å². The fourth-order valence-corrected chi connectivity index (χ4v) is 2.23. The summed E-state index contributed by atoms with van der Waals surface area (Å²) in [4.78, 5) is 11.9. The number of ether oxygens (including phenoxy) is 2. The van der Waals surface area contributed by atoms with Crippen molar-refractivity contribution in [1.82, 2.24) is 5.32 Å². The Morgan fingerprint density at radius 3 is 2.35 bits per heavy atom. The first-order valence-corrected chi connectivity index (χ1v) is 7.80. The van der Waals surface area contributed by atoms with E-state index < -0.39 is 0 Å². The monoisotopic (exact) mass is 313 g/mol. The molecule has 0 bridgehead atoms. The lowest BCUT2D eigenvalue weighted by Gasteiger charge is -2.14. The summed E-state index contributed by atoms with van der Waals surface area (Å²) in [7, 11) is 1.63. The van der Waals surface area contributed by atoms with Crippen LogP contribution < -0.4 is 14.8 Å². The standard InChI is InChI=1S/C19H23NO3/c1-15(16-7-4-3-5-8-16)20-19(21)9-6-14-23-18-12-10-17(22-2)11-13-18/h3-5,7-8,10-13,15H,6,9,14H2,1-2H3,(H,20,21)/t15-/m0/s1. The number of hydrogen-bond donors (Lipinski definition) is 1. The van der Waals surface area contributed by atoms with Crippen molar-refractivity contribution in [3.8, 4) is 11.5 Å². The smallest absolute Gasteiger partial charge is 0.220 e. The fourth-order valence-electron chi connectivity index (χ4n) is 2.23. The van der Waals surface area contributed by atoms with Gasteiger partial charge in [-0.15, -0.1) is 0 Å². The van der Waals surface area contributed by atoms with E-state index in [1.54, 1.807) is 7.11 Å². The van der Waals surface area contributed by atoms with Gasteiger partial charge in [0.15, 0.2) is 0 Å². The first-order chi connectivity index (χ1) is 11.2. The lowest BCUT2D eigenvalue weighted by atomic mass is 10.1. The van der Waals surface area contributed by atoms with Crippen LogP contribution in [0, 0.1) is 0 Å². The maximum Gasteiger partial charge on any atom is 0.220 e. The largest absolute Gasteiger partial charge is 0.497 e. The van der Waals surface area contributed by atoms with Crippen LogP contribution in [0.5, 0.6) is 11.5 Å². The van der Waals surface area contributed by atoms with Crippen molar-refractivity contribution in [3.05, 3.63) is 60.2 Å². The van der Waals surface area contributed by atoms with Crippen LogP contribution in [0.15, 0.2) is 54.6 Å². The Hall–Kier alpha value is -2.49. The zero-order chi connectivity index (χ0) is 16.5. The number of benzene rings is 2. The first-order valence-electron chi connectivity index (χ1n) is 7.80. The third kappa shape index (κ3) is 5.66. The molecule has 1 N–H and O–H groups in total. The fraction of sp³-hybridized carbons (Fsp3) is 0.316. The predicted octanol–water partition coefficient (Wildman–Crippen LogP) is 3.73. The highest BCUT2D eigenvalue weighted by molar-refractivity contribution is 5.76. The highest BCUT2D eigenvalue weighted by Crippen LogP contribution is 2.17. The van der Waals surface area contributed by atoms with Crippen LogP contribution in [0.25, 0.3) is 0 Å². The van der Waals surface area contributed by atoms with Gasteiger partial charge >= 0.3 is 0 Å². The molecule has 122 valence electrons. The van der Waals surface area contributed by atoms with Gasteiger partial charge in [-0.3, -0.25) is 4.79 Å². The molecule has 0 aliphatic rings. The summed E-state index contributed by atoms with van der Waals surface area (Å²) in [5.41, 5.74) is 1.11. The van der Waals surface area contributed by atoms with Crippen LogP contribution >= 0.6 is 0 Å². The third-order valence-electron chi connectivity index (χ3n) is 3.55. The van der Waals surface area contributed by atoms with Crippen LogP contribution in [0.2, 0.25) is 0 Å². The molecule has 4 nitrogen and oxygen atoms in total. The maximum absolute atomic E-state index is 11.9. The van der Waals surface area contributed by atoms with Gasteiger partial charge in [-0.05, 0) is 43.2 Å². The molecule has 2 aromatic rings. The quantitative estimate of drug-likeness (QED) is 0.755. The summed E-state index contributed by atoms with van der Waals surface area (Å²) in [5, 5.41) is 3.00. The van der Waals surface area contributed by atoms with Crippen molar-refractivity contribution >= 4 is 5.91 Å². The summed E-state index contributed by atoms with van der Waals surface area (Å²) in [6.07, 6.45) is 1.13. The van der Waals surface area contributed by atoms with Crippen molar-refractivity contribution in [2.75, 3.05) is 13.7 Å². The molecule has 0 spiro atoms. The summed E-state index contributed by atoms with van der Waals surface area (Å²) >= 11 is 0. The Morgan fingerprint density at radius 2 is 1.70 bits per heavy atom. The van der Waals surface area contributed by atoms with Crippen molar-refractivity contribution in [2.24, 2.45) is 0 Å². The number of carbonyl (C=O) groups is 1. The SMILES string of the molecule is COc1ccc(OCCCC(=O)N[C@@H](C)c2ccccc2)cc1. The summed E-state index contributed by atoms with van der Waals surface area (Å²) in [5.74, 6) is 1.62. The van der Waals surface area contributed by atoms with Gasteiger partial charge in [0.05, 0.1) is 19.8 Å². The lowest BCUT2D eigenvalue weighted by Crippen LogP contribution is -2.26. The number of methoxy groups -OCH3 is 1. The predicted molar refractivity (Wildman–Crippen MR) is 90.7 cm³/mol. The molecule has 0 aromatic heterocycles. The molecule has 0 radical (unpaired) electrons. The van der Waals surface area contributed by atoms with E-state index in [1.807, 2.05) is 61.5 Å². The van der Waals surface area contributed by atoms with E-state index in [9.17, 15) is 4.79 Å². The van der Waals surface area contributed by atoms with E-state index >= 15 is 0 Å². The number of hydrogen-bond acceptors (Lipinski definition) is 3. The molecule has 23 heavy (non-hydrogen) atoms. The van der Waals surface area contributed by atoms with Crippen molar-refractivity contribution < 1.29 is 14.3 Å². The number of nitrogens with one attached hydrogen (secondary N) is 1. The molecule has 1 amide bonds. The van der Waals surface area contributed by atoms with Gasteiger partial charge in [0.2, 0.25) is 5.91 Å². The summed E-state index contributed by atoms with van der Waals surface area (Å²) < 4.78 is 10.7. The van der Waals surface area contributed by atoms with E-state index in [0.717, 1.165) is 17.1 Å². The topological polar surface area (TPSA) is 47.6 Å². The maximum atomic E-state index is 11.9. The molecular weight excluding hydrogens is 290 g/mol. The van der Waals surface area contributed by atoms with Gasteiger partial charge in [0, 0.05) is 6.42 Å². The van der Waals surface area contributed by atoms with Gasteiger partial charge in [0.1, 0.15) is 11.5 Å². The highest BCUT2D eigenvalue weighted by Gasteiger charge is 2.08. The zero-order valence-electron chi connectivity index (χ0n) is 13.6. The second-order valence-electron chi connectivity index (χ2n) is 5.33. The van der Waals surface area contributed by atoms with Crippen LogP contribution in [-0.4, -0.2) is 19.6 Å². The van der Waals surface area contributed by atoms with E-state index in [-0.39, 0.29) is 11.9 Å². The number of carbonyl (C=O) groups excluding carboxylic acids is 1. The first kappa shape index (κ1) is 16.9.